The van der Waals surface area contributed by atoms with Crippen LogP contribution in [0.5, 0.6) is 0 Å². The first-order chi connectivity index (χ1) is 8.74. The number of halogens is 3. The molecule has 0 radical (unpaired) electrons. The van der Waals surface area contributed by atoms with Crippen LogP contribution in [0.3, 0.4) is 0 Å². The van der Waals surface area contributed by atoms with Crippen LogP contribution < -0.4 is 0 Å². The fraction of sp³-hybridized carbons (Fsp3) is 0.385. The molecule has 1 N–H and O–H groups in total. The summed E-state index contributed by atoms with van der Waals surface area (Å²) in [6.45, 7) is 1.73. The molecule has 0 heterocycles. The number of carbonyl (C=O) groups excluding carboxylic acids is 1. The van der Waals surface area contributed by atoms with E-state index < -0.39 is 36.3 Å². The summed E-state index contributed by atoms with van der Waals surface area (Å²) in [5.41, 5.74) is -0.539. The number of carbonyl (C=O) groups is 2. The summed E-state index contributed by atoms with van der Waals surface area (Å²) in [6, 6.07) is 3.75. The molecule has 3 nitrogen and oxygen atoms in total. The van der Waals surface area contributed by atoms with Gasteiger partial charge in [0, 0.05) is 6.42 Å². The monoisotopic (exact) mass is 274 g/mol. The predicted molar refractivity (Wildman–Crippen MR) is 61.8 cm³/mol. The highest BCUT2D eigenvalue weighted by Crippen LogP contribution is 2.33. The lowest BCUT2D eigenvalue weighted by Crippen LogP contribution is -2.15. The fourth-order valence-electron chi connectivity index (χ4n) is 1.71. The Labute approximate surface area is 108 Å². The Balaban J connectivity index is 3.06. The highest BCUT2D eigenvalue weighted by molar-refractivity contribution is 5.95. The van der Waals surface area contributed by atoms with E-state index in [4.69, 9.17) is 5.11 Å². The zero-order valence-corrected chi connectivity index (χ0v) is 10.3. The molecule has 0 aliphatic rings. The first-order valence-corrected chi connectivity index (χ1v) is 5.66. The third kappa shape index (κ3) is 4.39. The first-order valence-electron chi connectivity index (χ1n) is 5.66. The number of aliphatic carboxylic acids is 1. The number of carboxylic acid groups (broad SMARTS) is 1. The molecule has 0 spiro atoms. The van der Waals surface area contributed by atoms with Gasteiger partial charge < -0.3 is 5.11 Å². The minimum atomic E-state index is -4.55. The van der Waals surface area contributed by atoms with Gasteiger partial charge in [-0.1, -0.05) is 19.1 Å². The van der Waals surface area contributed by atoms with Gasteiger partial charge in [0.2, 0.25) is 0 Å². The van der Waals surface area contributed by atoms with Crippen LogP contribution in [0.25, 0.3) is 0 Å². The maximum Gasteiger partial charge on any atom is 0.416 e. The standard InChI is InChI=1S/C13H13F3O3/c1-2-8-3-4-9(6-10(17)7-12(18)19)11(5-8)13(14,15)16/h3-5H,2,6-7H2,1H3,(H,18,19). The molecular weight excluding hydrogens is 261 g/mol. The quantitative estimate of drug-likeness (QED) is 0.840. The number of rotatable bonds is 5. The first kappa shape index (κ1) is 15.2. The normalized spacial score (nSPS) is 11.4. The summed E-state index contributed by atoms with van der Waals surface area (Å²) in [7, 11) is 0. The van der Waals surface area contributed by atoms with Gasteiger partial charge in [0.05, 0.1) is 5.56 Å². The van der Waals surface area contributed by atoms with Crippen molar-refractivity contribution in [3.05, 3.63) is 34.9 Å². The number of hydrogen-bond donors (Lipinski definition) is 1. The van der Waals surface area contributed by atoms with E-state index in [-0.39, 0.29) is 5.56 Å². The smallest absolute Gasteiger partial charge is 0.416 e. The highest BCUT2D eigenvalue weighted by atomic mass is 19.4. The van der Waals surface area contributed by atoms with Gasteiger partial charge in [0.15, 0.2) is 0 Å². The van der Waals surface area contributed by atoms with Gasteiger partial charge in [-0.05, 0) is 23.6 Å². The van der Waals surface area contributed by atoms with E-state index in [9.17, 15) is 22.8 Å². The van der Waals surface area contributed by atoms with Crippen molar-refractivity contribution in [3.8, 4) is 0 Å². The van der Waals surface area contributed by atoms with Crippen molar-refractivity contribution in [3.63, 3.8) is 0 Å². The number of ketones is 1. The Bertz CT molecular complexity index is 492. The van der Waals surface area contributed by atoms with E-state index in [0.29, 0.717) is 12.0 Å². The van der Waals surface area contributed by atoms with Gasteiger partial charge in [-0.2, -0.15) is 13.2 Å². The minimum absolute atomic E-state index is 0.184. The Morgan fingerprint density at radius 2 is 1.89 bits per heavy atom. The molecular formula is C13H13F3O3. The van der Waals surface area contributed by atoms with Crippen LogP contribution in [0.15, 0.2) is 18.2 Å². The average molecular weight is 274 g/mol. The molecule has 0 fully saturated rings. The second-order valence-electron chi connectivity index (χ2n) is 4.13. The van der Waals surface area contributed by atoms with E-state index >= 15 is 0 Å². The van der Waals surface area contributed by atoms with Crippen LogP contribution in [0.1, 0.15) is 30.0 Å². The number of benzene rings is 1. The number of aryl methyl sites for hydroxylation is 1. The Hall–Kier alpha value is -1.85. The van der Waals surface area contributed by atoms with Crippen molar-refractivity contribution < 1.29 is 27.9 Å². The maximum absolute atomic E-state index is 12.9. The molecule has 0 aliphatic heterocycles. The summed E-state index contributed by atoms with van der Waals surface area (Å²) in [6.07, 6.45) is -5.39. The zero-order chi connectivity index (χ0) is 14.6. The average Bonchev–Trinajstić information content (AvgIpc) is 2.26. The lowest BCUT2D eigenvalue weighted by molar-refractivity contribution is -0.140. The Morgan fingerprint density at radius 3 is 2.37 bits per heavy atom. The fourth-order valence-corrected chi connectivity index (χ4v) is 1.71. The second-order valence-corrected chi connectivity index (χ2v) is 4.13. The van der Waals surface area contributed by atoms with E-state index in [1.807, 2.05) is 0 Å². The molecule has 0 saturated carbocycles. The van der Waals surface area contributed by atoms with Crippen molar-refractivity contribution >= 4 is 11.8 Å². The largest absolute Gasteiger partial charge is 0.481 e. The summed E-state index contributed by atoms with van der Waals surface area (Å²) in [4.78, 5) is 21.6. The van der Waals surface area contributed by atoms with Crippen molar-refractivity contribution in [1.29, 1.82) is 0 Å². The third-order valence-corrected chi connectivity index (χ3v) is 2.62. The molecule has 0 bridgehead atoms. The van der Waals surface area contributed by atoms with Gasteiger partial charge >= 0.3 is 12.1 Å². The molecule has 1 rings (SSSR count). The summed E-state index contributed by atoms with van der Waals surface area (Å²) >= 11 is 0. The molecule has 6 heteroatoms. The molecule has 0 amide bonds. The highest BCUT2D eigenvalue weighted by Gasteiger charge is 2.33. The molecule has 0 unspecified atom stereocenters. The van der Waals surface area contributed by atoms with E-state index in [0.717, 1.165) is 6.07 Å². The SMILES string of the molecule is CCc1ccc(CC(=O)CC(=O)O)c(C(F)(F)F)c1. The second kappa shape index (κ2) is 5.86. The van der Waals surface area contributed by atoms with Crippen LogP contribution in [0.2, 0.25) is 0 Å². The van der Waals surface area contributed by atoms with E-state index in [1.165, 1.54) is 12.1 Å². The Morgan fingerprint density at radius 1 is 1.26 bits per heavy atom. The molecule has 1 aromatic carbocycles. The molecule has 1 aromatic rings. The van der Waals surface area contributed by atoms with Crippen LogP contribution in [-0.2, 0) is 28.6 Å². The van der Waals surface area contributed by atoms with Crippen LogP contribution >= 0.6 is 0 Å². The van der Waals surface area contributed by atoms with Crippen molar-refractivity contribution in [2.45, 2.75) is 32.4 Å². The minimum Gasteiger partial charge on any atom is -0.481 e. The summed E-state index contributed by atoms with van der Waals surface area (Å²) < 4.78 is 38.6. The van der Waals surface area contributed by atoms with Crippen molar-refractivity contribution in [2.75, 3.05) is 0 Å². The number of Topliss-reactive ketones (excluding diaryl/α,β-unsaturated/α-hetero) is 1. The van der Waals surface area contributed by atoms with Gasteiger partial charge in [-0.15, -0.1) is 0 Å². The topological polar surface area (TPSA) is 54.4 Å². The van der Waals surface area contributed by atoms with Crippen LogP contribution in [0, 0.1) is 0 Å². The predicted octanol–water partition coefficient (Wildman–Crippen LogP) is 2.85. The van der Waals surface area contributed by atoms with Crippen molar-refractivity contribution in [1.82, 2.24) is 0 Å². The number of hydrogen-bond acceptors (Lipinski definition) is 2. The van der Waals surface area contributed by atoms with Gasteiger partial charge in [-0.25, -0.2) is 0 Å². The molecule has 0 saturated heterocycles. The van der Waals surface area contributed by atoms with Crippen molar-refractivity contribution in [2.24, 2.45) is 0 Å². The Kier molecular flexibility index (Phi) is 4.69. The van der Waals surface area contributed by atoms with Gasteiger partial charge in [0.25, 0.3) is 0 Å². The molecule has 0 atom stereocenters. The zero-order valence-electron chi connectivity index (χ0n) is 10.3. The van der Waals surface area contributed by atoms with Gasteiger partial charge in [-0.3, -0.25) is 9.59 Å². The summed E-state index contributed by atoms with van der Waals surface area (Å²) in [5.74, 6) is -2.09. The maximum atomic E-state index is 12.9. The lowest BCUT2D eigenvalue weighted by Gasteiger charge is -2.13. The van der Waals surface area contributed by atoms with E-state index in [1.54, 1.807) is 6.92 Å². The van der Waals surface area contributed by atoms with E-state index in [2.05, 4.69) is 0 Å². The molecule has 0 aliphatic carbocycles. The number of alkyl halides is 3. The summed E-state index contributed by atoms with van der Waals surface area (Å²) in [5, 5.41) is 8.43. The lowest BCUT2D eigenvalue weighted by atomic mass is 9.97. The number of carboxylic acids is 1. The molecule has 0 aromatic heterocycles. The van der Waals surface area contributed by atoms with Crippen LogP contribution in [0.4, 0.5) is 13.2 Å². The molecule has 19 heavy (non-hydrogen) atoms. The van der Waals surface area contributed by atoms with Gasteiger partial charge in [0.1, 0.15) is 12.2 Å². The van der Waals surface area contributed by atoms with Crippen LogP contribution in [-0.4, -0.2) is 16.9 Å². The third-order valence-electron chi connectivity index (χ3n) is 2.62. The molecule has 104 valence electrons.